The van der Waals surface area contributed by atoms with Gasteiger partial charge in [-0.25, -0.2) is 0 Å². The van der Waals surface area contributed by atoms with Crippen molar-refractivity contribution < 1.29 is 19.0 Å². The normalized spacial score (nSPS) is 14.5. The summed E-state index contributed by atoms with van der Waals surface area (Å²) in [5.41, 5.74) is 11.1. The molecule has 2 rings (SSSR count). The number of rotatable bonds is 6. The summed E-state index contributed by atoms with van der Waals surface area (Å²) in [5.74, 6) is 0.745. The van der Waals surface area contributed by atoms with Crippen molar-refractivity contribution in [3.63, 3.8) is 0 Å². The molecule has 0 radical (unpaired) electrons. The first-order valence-electron chi connectivity index (χ1n) is 7.38. The fourth-order valence-corrected chi connectivity index (χ4v) is 2.09. The summed E-state index contributed by atoms with van der Waals surface area (Å²) in [6.45, 7) is 2.22. The largest absolute Gasteiger partial charge is 0.493 e. The molecule has 9 heteroatoms. The Bertz CT molecular complexity index is 622. The minimum Gasteiger partial charge on any atom is -0.493 e. The summed E-state index contributed by atoms with van der Waals surface area (Å²) in [7, 11) is 1.52. The molecular formula is C15H21N5O4. The molecule has 4 N–H and O–H groups in total. The molecule has 1 amide bonds. The summed E-state index contributed by atoms with van der Waals surface area (Å²) < 4.78 is 16.1. The standard InChI is InChI=1S/C15H21N5O4/c1-22-13-8-11(9-18-19-15(16)17)2-3-12(13)24-10-14(21)20-4-6-23-7-5-20/h2-3,8-9H,4-7,10H2,1H3,(H4,16,17,19)/b18-9+. The minimum absolute atomic E-state index is 0.0577. The van der Waals surface area contributed by atoms with E-state index in [-0.39, 0.29) is 18.5 Å². The zero-order valence-electron chi connectivity index (χ0n) is 13.5. The Morgan fingerprint density at radius 1 is 1.33 bits per heavy atom. The third-order valence-corrected chi connectivity index (χ3v) is 3.28. The number of benzene rings is 1. The smallest absolute Gasteiger partial charge is 0.260 e. The van der Waals surface area contributed by atoms with E-state index in [9.17, 15) is 4.79 Å². The number of methoxy groups -OCH3 is 1. The van der Waals surface area contributed by atoms with Crippen molar-refractivity contribution in [3.8, 4) is 11.5 Å². The molecular weight excluding hydrogens is 314 g/mol. The molecule has 0 aromatic heterocycles. The van der Waals surface area contributed by atoms with E-state index in [1.807, 2.05) is 0 Å². The second-order valence-corrected chi connectivity index (χ2v) is 4.96. The lowest BCUT2D eigenvalue weighted by atomic mass is 10.2. The fraction of sp³-hybridized carbons (Fsp3) is 0.400. The topological polar surface area (TPSA) is 125 Å². The van der Waals surface area contributed by atoms with Gasteiger partial charge in [-0.1, -0.05) is 0 Å². The first-order valence-corrected chi connectivity index (χ1v) is 7.38. The number of carbonyl (C=O) groups excluding carboxylic acids is 1. The number of hydrogen-bond acceptors (Lipinski definition) is 6. The highest BCUT2D eigenvalue weighted by Crippen LogP contribution is 2.27. The summed E-state index contributed by atoms with van der Waals surface area (Å²) >= 11 is 0. The van der Waals surface area contributed by atoms with E-state index in [0.717, 1.165) is 5.56 Å². The maximum atomic E-state index is 12.1. The third kappa shape index (κ3) is 5.13. The predicted octanol–water partition coefficient (Wildman–Crippen LogP) is -0.460. The molecule has 0 spiro atoms. The van der Waals surface area contributed by atoms with Gasteiger partial charge < -0.3 is 30.6 Å². The zero-order chi connectivity index (χ0) is 17.4. The quantitative estimate of drug-likeness (QED) is 0.412. The minimum atomic E-state index is -0.125. The molecule has 1 aliphatic heterocycles. The van der Waals surface area contributed by atoms with Gasteiger partial charge in [0.05, 0.1) is 26.5 Å². The van der Waals surface area contributed by atoms with Crippen LogP contribution in [-0.4, -0.2) is 63.0 Å². The van der Waals surface area contributed by atoms with Crippen LogP contribution < -0.4 is 20.9 Å². The summed E-state index contributed by atoms with van der Waals surface area (Å²) in [5, 5.41) is 7.24. The van der Waals surface area contributed by atoms with Crippen LogP contribution in [0.3, 0.4) is 0 Å². The van der Waals surface area contributed by atoms with Crippen molar-refractivity contribution in [2.45, 2.75) is 0 Å². The van der Waals surface area contributed by atoms with Gasteiger partial charge in [-0.3, -0.25) is 4.79 Å². The van der Waals surface area contributed by atoms with Crippen molar-refractivity contribution in [1.29, 1.82) is 0 Å². The van der Waals surface area contributed by atoms with E-state index in [4.69, 9.17) is 25.7 Å². The number of ether oxygens (including phenoxy) is 3. The van der Waals surface area contributed by atoms with Gasteiger partial charge >= 0.3 is 0 Å². The third-order valence-electron chi connectivity index (χ3n) is 3.28. The summed E-state index contributed by atoms with van der Waals surface area (Å²) in [6.07, 6.45) is 1.48. The molecule has 0 bridgehead atoms. The number of nitrogens with zero attached hydrogens (tertiary/aromatic N) is 3. The average molecular weight is 335 g/mol. The summed E-state index contributed by atoms with van der Waals surface area (Å²) in [4.78, 5) is 13.8. The molecule has 1 fully saturated rings. The first-order chi connectivity index (χ1) is 11.6. The van der Waals surface area contributed by atoms with Crippen molar-refractivity contribution in [3.05, 3.63) is 23.8 Å². The monoisotopic (exact) mass is 335 g/mol. The van der Waals surface area contributed by atoms with E-state index >= 15 is 0 Å². The molecule has 9 nitrogen and oxygen atoms in total. The van der Waals surface area contributed by atoms with Crippen LogP contribution in [0.2, 0.25) is 0 Å². The Balaban J connectivity index is 1.98. The van der Waals surface area contributed by atoms with Gasteiger partial charge in [0.15, 0.2) is 18.1 Å². The molecule has 1 aliphatic rings. The SMILES string of the molecule is COc1cc(/C=N/N=C(N)N)ccc1OCC(=O)N1CCOCC1. The number of carbonyl (C=O) groups is 1. The number of guanidine groups is 1. The van der Waals surface area contributed by atoms with Gasteiger partial charge in [0.2, 0.25) is 5.96 Å². The highest BCUT2D eigenvalue weighted by atomic mass is 16.5. The first kappa shape index (κ1) is 17.5. The van der Waals surface area contributed by atoms with Crippen LogP contribution in [-0.2, 0) is 9.53 Å². The molecule has 0 unspecified atom stereocenters. The summed E-state index contributed by atoms with van der Waals surface area (Å²) in [6, 6.07) is 5.16. The van der Waals surface area contributed by atoms with Crippen molar-refractivity contribution in [1.82, 2.24) is 4.90 Å². The number of amides is 1. The van der Waals surface area contributed by atoms with Gasteiger partial charge in [-0.05, 0) is 23.8 Å². The second kappa shape index (κ2) is 8.73. The Labute approximate surface area is 139 Å². The lowest BCUT2D eigenvalue weighted by Gasteiger charge is -2.26. The van der Waals surface area contributed by atoms with Crippen LogP contribution >= 0.6 is 0 Å². The van der Waals surface area contributed by atoms with Gasteiger partial charge in [-0.15, -0.1) is 5.10 Å². The fourth-order valence-electron chi connectivity index (χ4n) is 2.09. The van der Waals surface area contributed by atoms with Gasteiger partial charge in [0, 0.05) is 13.1 Å². The highest BCUT2D eigenvalue weighted by Gasteiger charge is 2.17. The highest BCUT2D eigenvalue weighted by molar-refractivity contribution is 5.82. The zero-order valence-corrected chi connectivity index (χ0v) is 13.5. The average Bonchev–Trinajstić information content (AvgIpc) is 2.60. The van der Waals surface area contributed by atoms with Crippen molar-refractivity contribution in [2.75, 3.05) is 40.0 Å². The van der Waals surface area contributed by atoms with E-state index in [0.29, 0.717) is 37.8 Å². The second-order valence-electron chi connectivity index (χ2n) is 4.96. The van der Waals surface area contributed by atoms with Gasteiger partial charge in [0.1, 0.15) is 0 Å². The molecule has 1 aromatic rings. The number of hydrogen-bond donors (Lipinski definition) is 2. The van der Waals surface area contributed by atoms with E-state index in [1.54, 1.807) is 23.1 Å². The van der Waals surface area contributed by atoms with Crippen LogP contribution in [0.4, 0.5) is 0 Å². The Morgan fingerprint density at radius 3 is 2.75 bits per heavy atom. The lowest BCUT2D eigenvalue weighted by Crippen LogP contribution is -2.43. The molecule has 24 heavy (non-hydrogen) atoms. The van der Waals surface area contributed by atoms with Crippen molar-refractivity contribution in [2.24, 2.45) is 21.7 Å². The predicted molar refractivity (Wildman–Crippen MR) is 89.3 cm³/mol. The van der Waals surface area contributed by atoms with Crippen LogP contribution in [0.5, 0.6) is 11.5 Å². The van der Waals surface area contributed by atoms with Crippen LogP contribution in [0.15, 0.2) is 28.4 Å². The molecule has 1 aromatic carbocycles. The molecule has 1 heterocycles. The molecule has 130 valence electrons. The van der Waals surface area contributed by atoms with E-state index in [2.05, 4.69) is 10.2 Å². The Hall–Kier alpha value is -2.81. The maximum absolute atomic E-state index is 12.1. The van der Waals surface area contributed by atoms with E-state index in [1.165, 1.54) is 13.3 Å². The van der Waals surface area contributed by atoms with Crippen molar-refractivity contribution >= 4 is 18.1 Å². The lowest BCUT2D eigenvalue weighted by molar-refractivity contribution is -0.137. The Kier molecular flexibility index (Phi) is 6.38. The number of nitrogens with two attached hydrogens (primary N) is 2. The molecule has 0 saturated carbocycles. The van der Waals surface area contributed by atoms with E-state index < -0.39 is 0 Å². The molecule has 0 aliphatic carbocycles. The number of morpholine rings is 1. The molecule has 1 saturated heterocycles. The molecule has 0 atom stereocenters. The van der Waals surface area contributed by atoms with Gasteiger partial charge in [-0.2, -0.15) is 5.10 Å². The van der Waals surface area contributed by atoms with Gasteiger partial charge in [0.25, 0.3) is 5.91 Å². The van der Waals surface area contributed by atoms with Crippen LogP contribution in [0.1, 0.15) is 5.56 Å². The van der Waals surface area contributed by atoms with Crippen LogP contribution in [0.25, 0.3) is 0 Å². The Morgan fingerprint density at radius 2 is 2.08 bits per heavy atom. The maximum Gasteiger partial charge on any atom is 0.260 e. The van der Waals surface area contributed by atoms with Crippen LogP contribution in [0, 0.1) is 0 Å².